The summed E-state index contributed by atoms with van der Waals surface area (Å²) >= 11 is 0. The van der Waals surface area contributed by atoms with Crippen LogP contribution in [0, 0.1) is 0 Å². The number of H-pyrrole nitrogens is 1. The van der Waals surface area contributed by atoms with Gasteiger partial charge in [-0.3, -0.25) is 4.79 Å². The van der Waals surface area contributed by atoms with Crippen LogP contribution >= 0.6 is 0 Å². The summed E-state index contributed by atoms with van der Waals surface area (Å²) in [7, 11) is 0. The Bertz CT molecular complexity index is 528. The van der Waals surface area contributed by atoms with E-state index < -0.39 is 0 Å². The highest BCUT2D eigenvalue weighted by Crippen LogP contribution is 2.16. The zero-order valence-electron chi connectivity index (χ0n) is 8.81. The van der Waals surface area contributed by atoms with Gasteiger partial charge in [-0.15, -0.1) is 0 Å². The van der Waals surface area contributed by atoms with E-state index in [0.29, 0.717) is 12.1 Å². The van der Waals surface area contributed by atoms with Crippen molar-refractivity contribution in [2.24, 2.45) is 5.73 Å². The van der Waals surface area contributed by atoms with Crippen LogP contribution < -0.4 is 5.73 Å². The van der Waals surface area contributed by atoms with Crippen LogP contribution in [0.1, 0.15) is 22.3 Å². The summed E-state index contributed by atoms with van der Waals surface area (Å²) in [6, 6.07) is 1.94. The number of hydrogen-bond donors (Lipinski definition) is 2. The molecule has 0 aliphatic heterocycles. The molecule has 0 unspecified atom stereocenters. The monoisotopic (exact) mass is 215 g/mol. The SMILES string of the molecule is NCCC=Cc1cnc2[nH]cc(C=O)c2c1. The molecular formula is C12H13N3O. The fourth-order valence-corrected chi connectivity index (χ4v) is 1.54. The molecule has 0 amide bonds. The van der Waals surface area contributed by atoms with E-state index in [4.69, 9.17) is 5.73 Å². The molecule has 0 fully saturated rings. The molecule has 0 bridgehead atoms. The number of carbonyl (C=O) groups excluding carboxylic acids is 1. The van der Waals surface area contributed by atoms with Crippen LogP contribution in [0.3, 0.4) is 0 Å². The number of aromatic nitrogens is 2. The maximum Gasteiger partial charge on any atom is 0.152 e. The second-order valence-corrected chi connectivity index (χ2v) is 3.51. The number of carbonyl (C=O) groups is 1. The zero-order chi connectivity index (χ0) is 11.4. The van der Waals surface area contributed by atoms with E-state index in [1.54, 1.807) is 12.4 Å². The molecule has 0 aromatic carbocycles. The van der Waals surface area contributed by atoms with Crippen molar-refractivity contribution in [3.63, 3.8) is 0 Å². The van der Waals surface area contributed by atoms with Gasteiger partial charge in [0.25, 0.3) is 0 Å². The minimum atomic E-state index is 0.635. The molecule has 82 valence electrons. The van der Waals surface area contributed by atoms with Gasteiger partial charge in [0.1, 0.15) is 5.65 Å². The summed E-state index contributed by atoms with van der Waals surface area (Å²) < 4.78 is 0. The number of aldehydes is 1. The topological polar surface area (TPSA) is 71.8 Å². The molecule has 4 nitrogen and oxygen atoms in total. The summed E-state index contributed by atoms with van der Waals surface area (Å²) in [4.78, 5) is 17.9. The van der Waals surface area contributed by atoms with Crippen molar-refractivity contribution in [1.82, 2.24) is 9.97 Å². The van der Waals surface area contributed by atoms with Gasteiger partial charge in [0, 0.05) is 23.3 Å². The van der Waals surface area contributed by atoms with E-state index >= 15 is 0 Å². The molecule has 3 N–H and O–H groups in total. The molecule has 2 heterocycles. The van der Waals surface area contributed by atoms with E-state index in [9.17, 15) is 4.79 Å². The highest BCUT2D eigenvalue weighted by atomic mass is 16.1. The predicted octanol–water partition coefficient (Wildman–Crippen LogP) is 1.74. The maximum absolute atomic E-state index is 10.8. The van der Waals surface area contributed by atoms with Crippen LogP contribution in [0.2, 0.25) is 0 Å². The fraction of sp³-hybridized carbons (Fsp3) is 0.167. The van der Waals surface area contributed by atoms with Crippen LogP contribution in [0.4, 0.5) is 0 Å². The summed E-state index contributed by atoms with van der Waals surface area (Å²) in [6.07, 6.45) is 9.05. The van der Waals surface area contributed by atoms with Crippen molar-refractivity contribution < 1.29 is 4.79 Å². The average Bonchev–Trinajstić information content (AvgIpc) is 2.71. The van der Waals surface area contributed by atoms with Crippen molar-refractivity contribution >= 4 is 23.4 Å². The van der Waals surface area contributed by atoms with Crippen molar-refractivity contribution in [1.29, 1.82) is 0 Å². The standard InChI is InChI=1S/C12H13N3O/c13-4-2-1-3-9-5-11-10(8-16)7-15-12(11)14-6-9/h1,3,5-8H,2,4,13H2,(H,14,15). The van der Waals surface area contributed by atoms with Gasteiger partial charge in [-0.2, -0.15) is 0 Å². The van der Waals surface area contributed by atoms with Gasteiger partial charge in [-0.1, -0.05) is 12.2 Å². The normalized spacial score (nSPS) is 11.3. The van der Waals surface area contributed by atoms with Gasteiger partial charge in [-0.25, -0.2) is 4.98 Å². The Morgan fingerprint density at radius 1 is 1.50 bits per heavy atom. The summed E-state index contributed by atoms with van der Waals surface area (Å²) in [5.74, 6) is 0. The molecule has 0 radical (unpaired) electrons. The smallest absolute Gasteiger partial charge is 0.152 e. The number of hydrogen-bond acceptors (Lipinski definition) is 3. The molecule has 0 aliphatic rings. The molecular weight excluding hydrogens is 202 g/mol. The van der Waals surface area contributed by atoms with Crippen LogP contribution in [0.15, 0.2) is 24.5 Å². The average molecular weight is 215 g/mol. The van der Waals surface area contributed by atoms with Crippen molar-refractivity contribution in [2.75, 3.05) is 6.54 Å². The number of rotatable bonds is 4. The Morgan fingerprint density at radius 2 is 2.38 bits per heavy atom. The molecule has 2 rings (SSSR count). The Kier molecular flexibility index (Phi) is 3.12. The van der Waals surface area contributed by atoms with Crippen LogP contribution in [-0.4, -0.2) is 22.8 Å². The van der Waals surface area contributed by atoms with Crippen LogP contribution in [-0.2, 0) is 0 Å². The van der Waals surface area contributed by atoms with Crippen molar-refractivity contribution in [3.05, 3.63) is 35.7 Å². The quantitative estimate of drug-likeness (QED) is 0.763. The fourth-order valence-electron chi connectivity index (χ4n) is 1.54. The Labute approximate surface area is 93.2 Å². The second-order valence-electron chi connectivity index (χ2n) is 3.51. The highest BCUT2D eigenvalue weighted by Gasteiger charge is 2.03. The van der Waals surface area contributed by atoms with Crippen LogP contribution in [0.25, 0.3) is 17.1 Å². The third-order valence-corrected chi connectivity index (χ3v) is 2.35. The third-order valence-electron chi connectivity index (χ3n) is 2.35. The van der Waals surface area contributed by atoms with Gasteiger partial charge < -0.3 is 10.7 Å². The lowest BCUT2D eigenvalue weighted by molar-refractivity contribution is 0.112. The summed E-state index contributed by atoms with van der Waals surface area (Å²) in [5.41, 5.74) is 7.74. The first kappa shape index (κ1) is 10.6. The number of aromatic amines is 1. The minimum absolute atomic E-state index is 0.635. The molecule has 4 heteroatoms. The van der Waals surface area contributed by atoms with Gasteiger partial charge in [0.15, 0.2) is 6.29 Å². The first-order valence-corrected chi connectivity index (χ1v) is 5.14. The molecule has 0 atom stereocenters. The number of nitrogens with two attached hydrogens (primary N) is 1. The maximum atomic E-state index is 10.8. The number of nitrogens with one attached hydrogen (secondary N) is 1. The van der Waals surface area contributed by atoms with E-state index in [2.05, 4.69) is 9.97 Å². The molecule has 2 aromatic rings. The molecule has 2 aromatic heterocycles. The summed E-state index contributed by atoms with van der Waals surface area (Å²) in [6.45, 7) is 0.635. The Hall–Kier alpha value is -1.94. The molecule has 0 saturated carbocycles. The summed E-state index contributed by atoms with van der Waals surface area (Å²) in [5, 5.41) is 0.852. The van der Waals surface area contributed by atoms with E-state index in [-0.39, 0.29) is 0 Å². The zero-order valence-corrected chi connectivity index (χ0v) is 8.81. The van der Waals surface area contributed by atoms with E-state index in [1.165, 1.54) is 0 Å². The molecule has 16 heavy (non-hydrogen) atoms. The van der Waals surface area contributed by atoms with Gasteiger partial charge in [0.2, 0.25) is 0 Å². The Balaban J connectivity index is 2.37. The molecule has 0 aliphatic carbocycles. The van der Waals surface area contributed by atoms with Gasteiger partial charge in [0.05, 0.1) is 0 Å². The number of pyridine rings is 1. The predicted molar refractivity (Wildman–Crippen MR) is 64.2 cm³/mol. The minimum Gasteiger partial charge on any atom is -0.345 e. The highest BCUT2D eigenvalue weighted by molar-refractivity contribution is 5.96. The number of fused-ring (bicyclic) bond motifs is 1. The van der Waals surface area contributed by atoms with Crippen molar-refractivity contribution in [2.45, 2.75) is 6.42 Å². The lowest BCUT2D eigenvalue weighted by Crippen LogP contribution is -1.94. The lowest BCUT2D eigenvalue weighted by Gasteiger charge is -1.94. The van der Waals surface area contributed by atoms with Crippen LogP contribution in [0.5, 0.6) is 0 Å². The van der Waals surface area contributed by atoms with Gasteiger partial charge in [-0.05, 0) is 24.6 Å². The second kappa shape index (κ2) is 4.72. The molecule has 0 spiro atoms. The van der Waals surface area contributed by atoms with Crippen molar-refractivity contribution in [3.8, 4) is 0 Å². The number of nitrogens with zero attached hydrogens (tertiary/aromatic N) is 1. The Morgan fingerprint density at radius 3 is 3.12 bits per heavy atom. The van der Waals surface area contributed by atoms with E-state index in [0.717, 1.165) is 29.3 Å². The molecule has 0 saturated heterocycles. The van der Waals surface area contributed by atoms with E-state index in [1.807, 2.05) is 18.2 Å². The largest absolute Gasteiger partial charge is 0.345 e. The third kappa shape index (κ3) is 2.01. The van der Waals surface area contributed by atoms with Gasteiger partial charge >= 0.3 is 0 Å². The first-order valence-electron chi connectivity index (χ1n) is 5.14. The lowest BCUT2D eigenvalue weighted by atomic mass is 10.1. The first-order chi connectivity index (χ1) is 7.85.